The van der Waals surface area contributed by atoms with E-state index in [4.69, 9.17) is 10.2 Å². The van der Waals surface area contributed by atoms with E-state index in [0.29, 0.717) is 18.0 Å². The highest BCUT2D eigenvalue weighted by atomic mass is 16.3. The van der Waals surface area contributed by atoms with Gasteiger partial charge in [0, 0.05) is 12.6 Å². The lowest BCUT2D eigenvalue weighted by Crippen LogP contribution is -2.40. The van der Waals surface area contributed by atoms with Gasteiger partial charge in [0.25, 0.3) is 5.91 Å². The molecule has 0 aromatic carbocycles. The Labute approximate surface area is 95.4 Å². The third kappa shape index (κ3) is 3.34. The molecular formula is C11H19N3O2. The predicted molar refractivity (Wildman–Crippen MR) is 61.1 cm³/mol. The van der Waals surface area contributed by atoms with E-state index < -0.39 is 0 Å². The molecule has 0 radical (unpaired) electrons. The fourth-order valence-corrected chi connectivity index (χ4v) is 1.48. The molecule has 1 aromatic heterocycles. The fourth-order valence-electron chi connectivity index (χ4n) is 1.48. The number of rotatable bonds is 6. The number of oxazole rings is 1. The molecule has 1 atom stereocenters. The van der Waals surface area contributed by atoms with Crippen molar-refractivity contribution in [3.05, 3.63) is 17.8 Å². The summed E-state index contributed by atoms with van der Waals surface area (Å²) in [5.41, 5.74) is 5.94. The van der Waals surface area contributed by atoms with Gasteiger partial charge in [-0.2, -0.15) is 0 Å². The van der Waals surface area contributed by atoms with Crippen molar-refractivity contribution in [2.24, 2.45) is 5.73 Å². The summed E-state index contributed by atoms with van der Waals surface area (Å²) in [6.07, 6.45) is 4.32. The summed E-state index contributed by atoms with van der Waals surface area (Å²) in [6, 6.07) is 0.0172. The van der Waals surface area contributed by atoms with Crippen molar-refractivity contribution in [1.29, 1.82) is 0 Å². The monoisotopic (exact) mass is 225 g/mol. The summed E-state index contributed by atoms with van der Waals surface area (Å²) in [6.45, 7) is 4.27. The van der Waals surface area contributed by atoms with Crippen molar-refractivity contribution in [3.63, 3.8) is 0 Å². The van der Waals surface area contributed by atoms with Crippen LogP contribution in [0, 0.1) is 6.92 Å². The molecule has 5 heteroatoms. The molecule has 5 nitrogen and oxygen atoms in total. The molecule has 16 heavy (non-hydrogen) atoms. The van der Waals surface area contributed by atoms with E-state index in [9.17, 15) is 4.79 Å². The first-order valence-electron chi connectivity index (χ1n) is 5.60. The van der Waals surface area contributed by atoms with Gasteiger partial charge in [0.1, 0.15) is 5.76 Å². The van der Waals surface area contributed by atoms with Crippen LogP contribution in [0.4, 0.5) is 0 Å². The van der Waals surface area contributed by atoms with Gasteiger partial charge in [-0.3, -0.25) is 4.79 Å². The van der Waals surface area contributed by atoms with E-state index in [-0.39, 0.29) is 11.9 Å². The molecule has 1 amide bonds. The Balaban J connectivity index is 2.52. The number of aryl methyl sites for hydroxylation is 1. The molecule has 0 saturated carbocycles. The maximum absolute atomic E-state index is 11.8. The fraction of sp³-hybridized carbons (Fsp3) is 0.636. The number of carbonyl (C=O) groups excluding carboxylic acids is 1. The molecule has 0 saturated heterocycles. The second kappa shape index (κ2) is 6.27. The SMILES string of the molecule is CCCCC(CN)NC(=O)c1ncoc1C. The zero-order chi connectivity index (χ0) is 12.0. The lowest BCUT2D eigenvalue weighted by molar-refractivity contribution is 0.0930. The molecule has 0 fully saturated rings. The first kappa shape index (κ1) is 12.7. The first-order chi connectivity index (χ1) is 7.69. The van der Waals surface area contributed by atoms with Crippen LogP contribution in [0.5, 0.6) is 0 Å². The summed E-state index contributed by atoms with van der Waals surface area (Å²) < 4.78 is 4.98. The Hall–Kier alpha value is -1.36. The Morgan fingerprint density at radius 3 is 2.94 bits per heavy atom. The molecular weight excluding hydrogens is 206 g/mol. The smallest absolute Gasteiger partial charge is 0.273 e. The van der Waals surface area contributed by atoms with Crippen LogP contribution in [-0.4, -0.2) is 23.5 Å². The number of nitrogens with one attached hydrogen (secondary N) is 1. The van der Waals surface area contributed by atoms with Crippen molar-refractivity contribution >= 4 is 5.91 Å². The highest BCUT2D eigenvalue weighted by molar-refractivity contribution is 5.93. The van der Waals surface area contributed by atoms with E-state index in [1.807, 2.05) is 0 Å². The van der Waals surface area contributed by atoms with E-state index in [0.717, 1.165) is 19.3 Å². The van der Waals surface area contributed by atoms with Crippen LogP contribution in [-0.2, 0) is 0 Å². The summed E-state index contributed by atoms with van der Waals surface area (Å²) in [4.78, 5) is 15.6. The van der Waals surface area contributed by atoms with Gasteiger partial charge in [-0.25, -0.2) is 4.98 Å². The average molecular weight is 225 g/mol. The van der Waals surface area contributed by atoms with Crippen molar-refractivity contribution in [3.8, 4) is 0 Å². The molecule has 0 spiro atoms. The Bertz CT molecular complexity index is 336. The van der Waals surface area contributed by atoms with Gasteiger partial charge in [-0.1, -0.05) is 19.8 Å². The Morgan fingerprint density at radius 2 is 2.44 bits per heavy atom. The quantitative estimate of drug-likeness (QED) is 0.763. The number of unbranched alkanes of at least 4 members (excludes halogenated alkanes) is 1. The molecule has 0 aliphatic rings. The largest absolute Gasteiger partial charge is 0.448 e. The van der Waals surface area contributed by atoms with E-state index in [2.05, 4.69) is 17.2 Å². The second-order valence-electron chi connectivity index (χ2n) is 3.81. The molecule has 0 aliphatic carbocycles. The molecule has 1 aromatic rings. The zero-order valence-electron chi connectivity index (χ0n) is 9.82. The molecule has 0 aliphatic heterocycles. The molecule has 1 unspecified atom stereocenters. The summed E-state index contributed by atoms with van der Waals surface area (Å²) in [5.74, 6) is 0.321. The molecule has 1 heterocycles. The van der Waals surface area contributed by atoms with E-state index >= 15 is 0 Å². The molecule has 90 valence electrons. The number of hydrogen-bond donors (Lipinski definition) is 2. The van der Waals surface area contributed by atoms with Crippen molar-refractivity contribution in [1.82, 2.24) is 10.3 Å². The summed E-state index contributed by atoms with van der Waals surface area (Å²) >= 11 is 0. The first-order valence-corrected chi connectivity index (χ1v) is 5.60. The van der Waals surface area contributed by atoms with Gasteiger partial charge in [-0.05, 0) is 13.3 Å². The van der Waals surface area contributed by atoms with Crippen LogP contribution in [0.25, 0.3) is 0 Å². The minimum Gasteiger partial charge on any atom is -0.448 e. The molecule has 0 bridgehead atoms. The van der Waals surface area contributed by atoms with Crippen LogP contribution in [0.2, 0.25) is 0 Å². The predicted octanol–water partition coefficient (Wildman–Crippen LogP) is 1.23. The lowest BCUT2D eigenvalue weighted by atomic mass is 10.1. The number of aromatic nitrogens is 1. The van der Waals surface area contributed by atoms with Crippen LogP contribution >= 0.6 is 0 Å². The Kier molecular flexibility index (Phi) is 4.98. The van der Waals surface area contributed by atoms with Crippen LogP contribution in [0.3, 0.4) is 0 Å². The van der Waals surface area contributed by atoms with Gasteiger partial charge in [-0.15, -0.1) is 0 Å². The highest BCUT2D eigenvalue weighted by Gasteiger charge is 2.16. The highest BCUT2D eigenvalue weighted by Crippen LogP contribution is 2.06. The van der Waals surface area contributed by atoms with Gasteiger partial charge >= 0.3 is 0 Å². The summed E-state index contributed by atoms with van der Waals surface area (Å²) in [5, 5.41) is 2.86. The number of hydrogen-bond acceptors (Lipinski definition) is 4. The normalized spacial score (nSPS) is 12.4. The maximum atomic E-state index is 11.8. The van der Waals surface area contributed by atoms with Crippen molar-refractivity contribution < 1.29 is 9.21 Å². The minimum absolute atomic E-state index is 0.0172. The third-order valence-electron chi connectivity index (χ3n) is 2.49. The van der Waals surface area contributed by atoms with Gasteiger partial charge in [0.15, 0.2) is 12.1 Å². The number of nitrogens with two attached hydrogens (primary N) is 1. The standard InChI is InChI=1S/C11H19N3O2/c1-3-4-5-9(6-12)14-11(15)10-8(2)16-7-13-10/h7,9H,3-6,12H2,1-2H3,(H,14,15). The summed E-state index contributed by atoms with van der Waals surface area (Å²) in [7, 11) is 0. The van der Waals surface area contributed by atoms with Crippen LogP contribution < -0.4 is 11.1 Å². The average Bonchev–Trinajstić information content (AvgIpc) is 2.70. The van der Waals surface area contributed by atoms with Crippen molar-refractivity contribution in [2.75, 3.05) is 6.54 Å². The molecule has 1 rings (SSSR count). The topological polar surface area (TPSA) is 81.1 Å². The van der Waals surface area contributed by atoms with Crippen molar-refractivity contribution in [2.45, 2.75) is 39.2 Å². The Morgan fingerprint density at radius 1 is 1.69 bits per heavy atom. The van der Waals surface area contributed by atoms with E-state index in [1.165, 1.54) is 6.39 Å². The van der Waals surface area contributed by atoms with Crippen LogP contribution in [0.15, 0.2) is 10.8 Å². The lowest BCUT2D eigenvalue weighted by Gasteiger charge is -2.15. The number of nitrogens with zero attached hydrogens (tertiary/aromatic N) is 1. The van der Waals surface area contributed by atoms with E-state index in [1.54, 1.807) is 6.92 Å². The zero-order valence-corrected chi connectivity index (χ0v) is 9.82. The molecule has 3 N–H and O–H groups in total. The number of amides is 1. The maximum Gasteiger partial charge on any atom is 0.273 e. The van der Waals surface area contributed by atoms with Gasteiger partial charge in [0.2, 0.25) is 0 Å². The van der Waals surface area contributed by atoms with Crippen LogP contribution in [0.1, 0.15) is 42.4 Å². The second-order valence-corrected chi connectivity index (χ2v) is 3.81. The third-order valence-corrected chi connectivity index (χ3v) is 2.49. The minimum atomic E-state index is -0.210. The van der Waals surface area contributed by atoms with Gasteiger partial charge < -0.3 is 15.5 Å². The van der Waals surface area contributed by atoms with Gasteiger partial charge in [0.05, 0.1) is 0 Å². The number of carbonyl (C=O) groups is 1.